The zero-order valence-corrected chi connectivity index (χ0v) is 13.4. The molecule has 7 nitrogen and oxygen atoms in total. The van der Waals surface area contributed by atoms with Crippen LogP contribution < -0.4 is 10.5 Å². The lowest BCUT2D eigenvalue weighted by molar-refractivity contribution is -0.274. The maximum atomic E-state index is 12.2. The summed E-state index contributed by atoms with van der Waals surface area (Å²) in [6.07, 6.45) is -1.60. The Hall–Kier alpha value is -3.43. The van der Waals surface area contributed by atoms with Gasteiger partial charge in [-0.3, -0.25) is 9.48 Å². The van der Waals surface area contributed by atoms with E-state index >= 15 is 0 Å². The molecule has 0 atom stereocenters. The summed E-state index contributed by atoms with van der Waals surface area (Å²) in [5.41, 5.74) is 6.64. The normalized spacial score (nSPS) is 11.4. The number of nitrogens with zero attached hydrogens (tertiary/aromatic N) is 4. The molecule has 3 aromatic rings. The van der Waals surface area contributed by atoms with Crippen LogP contribution in [0.4, 0.5) is 13.2 Å². The molecule has 0 fully saturated rings. The lowest BCUT2D eigenvalue weighted by Crippen LogP contribution is -2.17. The third-order valence-corrected chi connectivity index (χ3v) is 3.33. The maximum absolute atomic E-state index is 12.2. The molecule has 0 aliphatic carbocycles. The van der Waals surface area contributed by atoms with Crippen LogP contribution in [0.5, 0.6) is 5.75 Å². The van der Waals surface area contributed by atoms with Crippen molar-refractivity contribution in [3.05, 3.63) is 48.4 Å². The number of halogens is 3. The number of primary amides is 1. The number of amides is 1. The second-order valence-electron chi connectivity index (χ2n) is 5.30. The van der Waals surface area contributed by atoms with Crippen molar-refractivity contribution in [2.24, 2.45) is 12.8 Å². The first-order chi connectivity index (χ1) is 12.2. The highest BCUT2D eigenvalue weighted by atomic mass is 19.4. The molecule has 1 aromatic carbocycles. The van der Waals surface area contributed by atoms with E-state index in [9.17, 15) is 18.0 Å². The fourth-order valence-corrected chi connectivity index (χ4v) is 2.21. The number of aromatic nitrogens is 4. The smallest absolute Gasteiger partial charge is 0.406 e. The topological polar surface area (TPSA) is 95.9 Å². The van der Waals surface area contributed by atoms with E-state index in [4.69, 9.17) is 5.73 Å². The molecule has 0 saturated carbocycles. The minimum absolute atomic E-state index is 0.0236. The molecular formula is C16H12F3N5O2. The molecule has 0 aliphatic heterocycles. The number of carbonyl (C=O) groups is 1. The van der Waals surface area contributed by atoms with Gasteiger partial charge in [0.25, 0.3) is 5.91 Å². The number of hydrogen-bond donors (Lipinski definition) is 1. The minimum Gasteiger partial charge on any atom is -0.406 e. The van der Waals surface area contributed by atoms with Crippen molar-refractivity contribution in [1.29, 1.82) is 0 Å². The molecule has 1 amide bonds. The number of nitrogens with two attached hydrogens (primary N) is 1. The lowest BCUT2D eigenvalue weighted by atomic mass is 10.1. The molecule has 0 radical (unpaired) electrons. The second-order valence-corrected chi connectivity index (χ2v) is 5.30. The van der Waals surface area contributed by atoms with Gasteiger partial charge in [0, 0.05) is 18.8 Å². The molecule has 0 spiro atoms. The molecule has 2 N–H and O–H groups in total. The molecule has 0 aliphatic rings. The Kier molecular flexibility index (Phi) is 4.33. The van der Waals surface area contributed by atoms with Gasteiger partial charge in [-0.25, -0.2) is 9.97 Å². The monoisotopic (exact) mass is 363 g/mol. The van der Waals surface area contributed by atoms with Crippen molar-refractivity contribution in [3.8, 4) is 28.4 Å². The second kappa shape index (κ2) is 6.47. The summed E-state index contributed by atoms with van der Waals surface area (Å²) in [5, 5.41) is 4.01. The third-order valence-electron chi connectivity index (χ3n) is 3.33. The number of aryl methyl sites for hydroxylation is 1. The van der Waals surface area contributed by atoms with Crippen molar-refractivity contribution in [3.63, 3.8) is 0 Å². The molecule has 0 bridgehead atoms. The van der Waals surface area contributed by atoms with Gasteiger partial charge in [-0.05, 0) is 30.3 Å². The van der Waals surface area contributed by atoms with E-state index in [1.807, 2.05) is 0 Å². The van der Waals surface area contributed by atoms with Crippen molar-refractivity contribution in [2.75, 3.05) is 0 Å². The van der Waals surface area contributed by atoms with Gasteiger partial charge in [0.05, 0.1) is 17.5 Å². The number of rotatable bonds is 4. The van der Waals surface area contributed by atoms with Crippen LogP contribution in [0.3, 0.4) is 0 Å². The van der Waals surface area contributed by atoms with Gasteiger partial charge in [-0.2, -0.15) is 5.10 Å². The van der Waals surface area contributed by atoms with Crippen LogP contribution in [0.15, 0.2) is 42.7 Å². The molecular weight excluding hydrogens is 351 g/mol. The summed E-state index contributed by atoms with van der Waals surface area (Å²) in [4.78, 5) is 20.0. The first kappa shape index (κ1) is 17.4. The fourth-order valence-electron chi connectivity index (χ4n) is 2.21. The fraction of sp³-hybridized carbons (Fsp3) is 0.125. The third kappa shape index (κ3) is 3.97. The molecule has 3 rings (SSSR count). The van der Waals surface area contributed by atoms with Crippen LogP contribution in [-0.2, 0) is 7.05 Å². The Labute approximate surface area is 145 Å². The summed E-state index contributed by atoms with van der Waals surface area (Å²) >= 11 is 0. The SMILES string of the molecule is Cn1cc(-c2nc(C(N)=O)cc(-c3ccc(OC(F)(F)F)cc3)n2)cn1. The minimum atomic E-state index is -4.77. The van der Waals surface area contributed by atoms with Crippen molar-refractivity contribution >= 4 is 5.91 Å². The quantitative estimate of drug-likeness (QED) is 0.768. The van der Waals surface area contributed by atoms with Gasteiger partial charge in [-0.15, -0.1) is 13.2 Å². The molecule has 10 heteroatoms. The van der Waals surface area contributed by atoms with Crippen LogP contribution >= 0.6 is 0 Å². The average molecular weight is 363 g/mol. The van der Waals surface area contributed by atoms with E-state index in [-0.39, 0.29) is 17.3 Å². The first-order valence-electron chi connectivity index (χ1n) is 7.25. The highest BCUT2D eigenvalue weighted by molar-refractivity contribution is 5.92. The molecule has 0 saturated heterocycles. The zero-order valence-electron chi connectivity index (χ0n) is 13.4. The van der Waals surface area contributed by atoms with Gasteiger partial charge in [0.2, 0.25) is 0 Å². The Morgan fingerprint density at radius 3 is 2.38 bits per heavy atom. The van der Waals surface area contributed by atoms with Crippen LogP contribution in [-0.4, -0.2) is 32.0 Å². The molecule has 2 heterocycles. The van der Waals surface area contributed by atoms with E-state index in [1.54, 1.807) is 17.9 Å². The standard InChI is InChI=1S/C16H12F3N5O2/c1-24-8-10(7-21-24)15-22-12(6-13(23-15)14(20)25)9-2-4-11(5-3-9)26-16(17,18)19/h2-8H,1H3,(H2,20,25). The highest BCUT2D eigenvalue weighted by Crippen LogP contribution is 2.27. The highest BCUT2D eigenvalue weighted by Gasteiger charge is 2.31. The van der Waals surface area contributed by atoms with Gasteiger partial charge in [-0.1, -0.05) is 0 Å². The Balaban J connectivity index is 2.01. The number of ether oxygens (including phenoxy) is 1. The van der Waals surface area contributed by atoms with Crippen LogP contribution in [0.25, 0.3) is 22.6 Å². The Bertz CT molecular complexity index is 951. The predicted molar refractivity (Wildman–Crippen MR) is 84.9 cm³/mol. The van der Waals surface area contributed by atoms with E-state index in [0.29, 0.717) is 16.8 Å². The summed E-state index contributed by atoms with van der Waals surface area (Å²) in [6, 6.07) is 6.45. The number of hydrogen-bond acceptors (Lipinski definition) is 5. The Morgan fingerprint density at radius 2 is 1.85 bits per heavy atom. The van der Waals surface area contributed by atoms with Gasteiger partial charge in [0.1, 0.15) is 11.4 Å². The van der Waals surface area contributed by atoms with Crippen molar-refractivity contribution in [2.45, 2.75) is 6.36 Å². The van der Waals surface area contributed by atoms with Gasteiger partial charge < -0.3 is 10.5 Å². The van der Waals surface area contributed by atoms with Crippen molar-refractivity contribution < 1.29 is 22.7 Å². The van der Waals surface area contributed by atoms with Crippen LogP contribution in [0.1, 0.15) is 10.5 Å². The maximum Gasteiger partial charge on any atom is 0.573 e. The van der Waals surface area contributed by atoms with Gasteiger partial charge in [0.15, 0.2) is 5.82 Å². The average Bonchev–Trinajstić information content (AvgIpc) is 3.00. The van der Waals surface area contributed by atoms with E-state index in [1.165, 1.54) is 24.4 Å². The predicted octanol–water partition coefficient (Wildman–Crippen LogP) is 2.54. The summed E-state index contributed by atoms with van der Waals surface area (Å²) < 4.78 is 42.1. The summed E-state index contributed by atoms with van der Waals surface area (Å²) in [7, 11) is 1.71. The molecule has 134 valence electrons. The van der Waals surface area contributed by atoms with Crippen molar-refractivity contribution in [1.82, 2.24) is 19.7 Å². The van der Waals surface area contributed by atoms with Crippen LogP contribution in [0, 0.1) is 0 Å². The first-order valence-corrected chi connectivity index (χ1v) is 7.25. The summed E-state index contributed by atoms with van der Waals surface area (Å²) in [5.74, 6) is -0.895. The van der Waals surface area contributed by atoms with E-state index in [2.05, 4.69) is 19.8 Å². The van der Waals surface area contributed by atoms with Crippen LogP contribution in [0.2, 0.25) is 0 Å². The molecule has 2 aromatic heterocycles. The number of alkyl halides is 3. The Morgan fingerprint density at radius 1 is 1.15 bits per heavy atom. The molecule has 26 heavy (non-hydrogen) atoms. The number of carbonyl (C=O) groups excluding carboxylic acids is 1. The van der Waals surface area contributed by atoms with E-state index in [0.717, 1.165) is 12.1 Å². The van der Waals surface area contributed by atoms with Gasteiger partial charge >= 0.3 is 6.36 Å². The largest absolute Gasteiger partial charge is 0.573 e. The van der Waals surface area contributed by atoms with E-state index < -0.39 is 12.3 Å². The molecule has 0 unspecified atom stereocenters. The summed E-state index contributed by atoms with van der Waals surface area (Å²) in [6.45, 7) is 0. The zero-order chi connectivity index (χ0) is 18.9. The number of benzene rings is 1. The lowest BCUT2D eigenvalue weighted by Gasteiger charge is -2.10.